The quantitative estimate of drug-likeness (QED) is 0.589. The van der Waals surface area contributed by atoms with E-state index in [-0.39, 0.29) is 18.3 Å². The Kier molecular flexibility index (Phi) is 6.47. The molecule has 1 N–H and O–H groups in total. The van der Waals surface area contributed by atoms with Crippen LogP contribution in [0.2, 0.25) is 0 Å². The van der Waals surface area contributed by atoms with E-state index in [1.807, 2.05) is 18.2 Å². The number of hydrogen-bond donors (Lipinski definition) is 1. The van der Waals surface area contributed by atoms with Gasteiger partial charge in [0, 0.05) is 17.2 Å². The Morgan fingerprint density at radius 1 is 0.793 bits per heavy atom. The highest BCUT2D eigenvalue weighted by molar-refractivity contribution is 6.09. The fourth-order valence-electron chi connectivity index (χ4n) is 2.71. The number of ketones is 1. The average Bonchev–Trinajstić information content (AvgIpc) is 2.78. The van der Waals surface area contributed by atoms with Crippen LogP contribution >= 0.6 is 0 Å². The summed E-state index contributed by atoms with van der Waals surface area (Å²) in [5.41, 5.74) is 1.66. The molecule has 0 aliphatic rings. The van der Waals surface area contributed by atoms with Crippen LogP contribution in [-0.2, 0) is 4.79 Å². The van der Waals surface area contributed by atoms with E-state index in [1.165, 1.54) is 7.11 Å². The van der Waals surface area contributed by atoms with Gasteiger partial charge in [0.25, 0.3) is 5.91 Å². The molecule has 0 atom stereocenters. The summed E-state index contributed by atoms with van der Waals surface area (Å²) in [4.78, 5) is 24.6. The number of hydrogen-bond acceptors (Lipinski definition) is 5. The zero-order chi connectivity index (χ0) is 20.6. The molecular weight excluding hydrogens is 370 g/mol. The van der Waals surface area contributed by atoms with Crippen LogP contribution in [0, 0.1) is 0 Å². The van der Waals surface area contributed by atoms with E-state index in [0.717, 1.165) is 0 Å². The third-order valence-corrected chi connectivity index (χ3v) is 4.20. The van der Waals surface area contributed by atoms with Gasteiger partial charge < -0.3 is 19.5 Å². The Bertz CT molecular complexity index is 984. The first-order valence-corrected chi connectivity index (χ1v) is 8.95. The Morgan fingerprint density at radius 3 is 2.10 bits per heavy atom. The second kappa shape index (κ2) is 9.41. The molecule has 29 heavy (non-hydrogen) atoms. The van der Waals surface area contributed by atoms with Crippen molar-refractivity contribution < 1.29 is 23.8 Å². The van der Waals surface area contributed by atoms with E-state index in [9.17, 15) is 9.59 Å². The summed E-state index contributed by atoms with van der Waals surface area (Å²) in [7, 11) is 3.06. The van der Waals surface area contributed by atoms with Crippen LogP contribution in [0.1, 0.15) is 15.9 Å². The highest BCUT2D eigenvalue weighted by atomic mass is 16.5. The van der Waals surface area contributed by atoms with Crippen LogP contribution in [0.3, 0.4) is 0 Å². The molecule has 0 heterocycles. The zero-order valence-corrected chi connectivity index (χ0v) is 16.2. The van der Waals surface area contributed by atoms with Crippen molar-refractivity contribution in [1.82, 2.24) is 0 Å². The Labute approximate surface area is 169 Å². The van der Waals surface area contributed by atoms with Crippen molar-refractivity contribution >= 4 is 17.4 Å². The van der Waals surface area contributed by atoms with Crippen LogP contribution in [0.15, 0.2) is 72.8 Å². The summed E-state index contributed by atoms with van der Waals surface area (Å²) in [6.45, 7) is -0.188. The zero-order valence-electron chi connectivity index (χ0n) is 16.2. The lowest BCUT2D eigenvalue weighted by Gasteiger charge is -2.12. The standard InChI is InChI=1S/C23H21NO5/c1-27-19-12-13-21(28-2)20(14-19)24-22(25)15-29-18-10-8-17(9-11-18)23(26)16-6-4-3-5-7-16/h3-14H,15H2,1-2H3,(H,24,25). The molecule has 1 amide bonds. The number of anilines is 1. The molecule has 0 aliphatic carbocycles. The second-order valence-electron chi connectivity index (χ2n) is 6.12. The molecule has 0 aromatic heterocycles. The molecule has 6 nitrogen and oxygen atoms in total. The minimum atomic E-state index is -0.346. The summed E-state index contributed by atoms with van der Waals surface area (Å²) >= 11 is 0. The first-order valence-electron chi connectivity index (χ1n) is 8.95. The van der Waals surface area contributed by atoms with Crippen LogP contribution in [0.25, 0.3) is 0 Å². The predicted molar refractivity (Wildman–Crippen MR) is 110 cm³/mol. The lowest BCUT2D eigenvalue weighted by molar-refractivity contribution is -0.118. The van der Waals surface area contributed by atoms with Crippen molar-refractivity contribution in [3.63, 3.8) is 0 Å². The molecule has 148 valence electrons. The number of amides is 1. The van der Waals surface area contributed by atoms with Crippen LogP contribution in [0.4, 0.5) is 5.69 Å². The lowest BCUT2D eigenvalue weighted by Crippen LogP contribution is -2.20. The summed E-state index contributed by atoms with van der Waals surface area (Å²) < 4.78 is 15.9. The molecule has 3 rings (SSSR count). The van der Waals surface area contributed by atoms with Gasteiger partial charge in [-0.3, -0.25) is 9.59 Å². The molecular formula is C23H21NO5. The molecule has 6 heteroatoms. The molecule has 0 unspecified atom stereocenters. The van der Waals surface area contributed by atoms with E-state index < -0.39 is 0 Å². The summed E-state index contributed by atoms with van der Waals surface area (Å²) in [5.74, 6) is 1.19. The van der Waals surface area contributed by atoms with Gasteiger partial charge in [0.1, 0.15) is 17.2 Å². The summed E-state index contributed by atoms with van der Waals surface area (Å²) in [6.07, 6.45) is 0. The molecule has 0 radical (unpaired) electrons. The minimum absolute atomic E-state index is 0.0694. The van der Waals surface area contributed by atoms with Crippen molar-refractivity contribution in [3.05, 3.63) is 83.9 Å². The van der Waals surface area contributed by atoms with E-state index >= 15 is 0 Å². The number of carbonyl (C=O) groups excluding carboxylic acids is 2. The van der Waals surface area contributed by atoms with Crippen LogP contribution < -0.4 is 19.5 Å². The number of nitrogens with one attached hydrogen (secondary N) is 1. The highest BCUT2D eigenvalue weighted by Gasteiger charge is 2.11. The summed E-state index contributed by atoms with van der Waals surface area (Å²) in [5, 5.41) is 2.73. The van der Waals surface area contributed by atoms with E-state index in [2.05, 4.69) is 5.32 Å². The van der Waals surface area contributed by atoms with Gasteiger partial charge in [-0.15, -0.1) is 0 Å². The van der Waals surface area contributed by atoms with Crippen molar-refractivity contribution in [3.8, 4) is 17.2 Å². The van der Waals surface area contributed by atoms with Gasteiger partial charge in [0.05, 0.1) is 19.9 Å². The number of methoxy groups -OCH3 is 2. The summed E-state index contributed by atoms with van der Waals surface area (Å²) in [6, 6.07) is 20.8. The number of carbonyl (C=O) groups is 2. The van der Waals surface area contributed by atoms with Gasteiger partial charge in [-0.05, 0) is 36.4 Å². The van der Waals surface area contributed by atoms with Crippen molar-refractivity contribution in [2.24, 2.45) is 0 Å². The molecule has 3 aromatic rings. The maximum Gasteiger partial charge on any atom is 0.262 e. The van der Waals surface area contributed by atoms with Gasteiger partial charge in [0.2, 0.25) is 0 Å². The van der Waals surface area contributed by atoms with Gasteiger partial charge >= 0.3 is 0 Å². The third kappa shape index (κ3) is 5.13. The van der Waals surface area contributed by atoms with Crippen molar-refractivity contribution in [2.75, 3.05) is 26.1 Å². The van der Waals surface area contributed by atoms with Crippen LogP contribution in [-0.4, -0.2) is 32.5 Å². The van der Waals surface area contributed by atoms with Crippen LogP contribution in [0.5, 0.6) is 17.2 Å². The SMILES string of the molecule is COc1ccc(OC)c(NC(=O)COc2ccc(C(=O)c3ccccc3)cc2)c1. The highest BCUT2D eigenvalue weighted by Crippen LogP contribution is 2.28. The first kappa shape index (κ1) is 19.9. The maximum atomic E-state index is 12.4. The molecule has 3 aromatic carbocycles. The van der Waals surface area contributed by atoms with Crippen molar-refractivity contribution in [1.29, 1.82) is 0 Å². The number of ether oxygens (including phenoxy) is 3. The molecule has 0 fully saturated rings. The fourth-order valence-corrected chi connectivity index (χ4v) is 2.71. The largest absolute Gasteiger partial charge is 0.497 e. The van der Waals surface area contributed by atoms with Gasteiger partial charge in [0.15, 0.2) is 12.4 Å². The fraction of sp³-hybridized carbons (Fsp3) is 0.130. The van der Waals surface area contributed by atoms with E-state index in [4.69, 9.17) is 14.2 Å². The Balaban J connectivity index is 1.59. The second-order valence-corrected chi connectivity index (χ2v) is 6.12. The topological polar surface area (TPSA) is 73.9 Å². The molecule has 0 aliphatic heterocycles. The Morgan fingerprint density at radius 2 is 1.45 bits per heavy atom. The lowest BCUT2D eigenvalue weighted by atomic mass is 10.0. The smallest absolute Gasteiger partial charge is 0.262 e. The van der Waals surface area contributed by atoms with Crippen molar-refractivity contribution in [2.45, 2.75) is 0 Å². The molecule has 0 spiro atoms. The first-order chi connectivity index (χ1) is 14.1. The number of rotatable bonds is 8. The minimum Gasteiger partial charge on any atom is -0.497 e. The normalized spacial score (nSPS) is 10.1. The molecule has 0 saturated heterocycles. The van der Waals surface area contributed by atoms with Gasteiger partial charge in [-0.2, -0.15) is 0 Å². The molecule has 0 bridgehead atoms. The third-order valence-electron chi connectivity index (χ3n) is 4.20. The molecule has 0 saturated carbocycles. The number of benzene rings is 3. The average molecular weight is 391 g/mol. The predicted octanol–water partition coefficient (Wildman–Crippen LogP) is 3.95. The monoisotopic (exact) mass is 391 g/mol. The maximum absolute atomic E-state index is 12.4. The Hall–Kier alpha value is -3.80. The van der Waals surface area contributed by atoms with E-state index in [0.29, 0.717) is 34.1 Å². The van der Waals surface area contributed by atoms with Gasteiger partial charge in [-0.1, -0.05) is 30.3 Å². The van der Waals surface area contributed by atoms with Gasteiger partial charge in [-0.25, -0.2) is 0 Å². The van der Waals surface area contributed by atoms with E-state index in [1.54, 1.807) is 61.7 Å².